The fourth-order valence-corrected chi connectivity index (χ4v) is 2.31. The number of nitrogens with zero attached hydrogens (tertiary/aromatic N) is 1. The molecule has 3 heteroatoms. The minimum Gasteiger partial charge on any atom is -0.378 e. The number of hydrogen-bond donors (Lipinski definition) is 1. The third-order valence-corrected chi connectivity index (χ3v) is 3.43. The van der Waals surface area contributed by atoms with Crippen molar-refractivity contribution in [1.29, 1.82) is 0 Å². The lowest BCUT2D eigenvalue weighted by atomic mass is 10.0. The third-order valence-electron chi connectivity index (χ3n) is 3.13. The van der Waals surface area contributed by atoms with Crippen molar-refractivity contribution in [2.75, 3.05) is 5.32 Å². The van der Waals surface area contributed by atoms with Gasteiger partial charge in [0, 0.05) is 12.7 Å². The van der Waals surface area contributed by atoms with E-state index >= 15 is 0 Å². The van der Waals surface area contributed by atoms with Crippen molar-refractivity contribution in [1.82, 2.24) is 4.98 Å². The summed E-state index contributed by atoms with van der Waals surface area (Å²) in [6, 6.07) is 10.8. The molecule has 0 spiro atoms. The van der Waals surface area contributed by atoms with Crippen LogP contribution in [-0.2, 0) is 13.0 Å². The van der Waals surface area contributed by atoms with Crippen LogP contribution in [0.15, 0.2) is 36.5 Å². The Bertz CT molecular complexity index is 562. The molecule has 0 aliphatic rings. The predicted molar refractivity (Wildman–Crippen MR) is 86.3 cm³/mol. The first kappa shape index (κ1) is 14.9. The number of hydrogen-bond acceptors (Lipinski definition) is 2. The van der Waals surface area contributed by atoms with Crippen LogP contribution in [0.4, 0.5) is 5.69 Å². The molecule has 1 aromatic heterocycles. The molecule has 2 nitrogen and oxygen atoms in total. The van der Waals surface area contributed by atoms with E-state index in [0.717, 1.165) is 24.2 Å². The molecule has 106 valence electrons. The fourth-order valence-electron chi connectivity index (χ4n) is 2.14. The zero-order valence-corrected chi connectivity index (χ0v) is 13.0. The quantitative estimate of drug-likeness (QED) is 0.795. The molecular weight excluding hydrogens is 268 g/mol. The van der Waals surface area contributed by atoms with E-state index in [2.05, 4.69) is 48.4 Å². The molecule has 0 aliphatic carbocycles. The molecule has 0 fully saturated rings. The first-order valence-corrected chi connectivity index (χ1v) is 7.36. The van der Waals surface area contributed by atoms with Crippen molar-refractivity contribution in [3.63, 3.8) is 0 Å². The molecule has 1 aromatic carbocycles. The molecule has 2 aromatic rings. The van der Waals surface area contributed by atoms with Gasteiger partial charge in [-0.25, -0.2) is 4.98 Å². The van der Waals surface area contributed by atoms with Gasteiger partial charge in [0.1, 0.15) is 0 Å². The Morgan fingerprint density at radius 1 is 1.15 bits per heavy atom. The van der Waals surface area contributed by atoms with E-state index in [4.69, 9.17) is 11.6 Å². The van der Waals surface area contributed by atoms with Gasteiger partial charge in [0.05, 0.1) is 5.69 Å². The number of rotatable bonds is 5. The van der Waals surface area contributed by atoms with Crippen LogP contribution in [0.1, 0.15) is 30.5 Å². The third kappa shape index (κ3) is 4.24. The Morgan fingerprint density at radius 2 is 1.80 bits per heavy atom. The molecule has 0 radical (unpaired) electrons. The van der Waals surface area contributed by atoms with Crippen molar-refractivity contribution in [2.24, 2.45) is 5.92 Å². The second kappa shape index (κ2) is 6.76. The molecule has 0 bridgehead atoms. The van der Waals surface area contributed by atoms with Gasteiger partial charge in [-0.1, -0.05) is 49.7 Å². The van der Waals surface area contributed by atoms with Gasteiger partial charge in [-0.15, -0.1) is 0 Å². The van der Waals surface area contributed by atoms with Crippen molar-refractivity contribution < 1.29 is 0 Å². The van der Waals surface area contributed by atoms with E-state index in [1.165, 1.54) is 11.1 Å². The molecule has 0 aliphatic heterocycles. The standard InChI is InChI=1S/C17H21ClN2/c1-12(2)8-14-4-6-15(7-5-14)11-19-16-9-13(3)10-20-17(16)18/h4-7,9-10,12,19H,8,11H2,1-3H3. The number of pyridine rings is 1. The predicted octanol–water partition coefficient (Wildman–Crippen LogP) is 4.85. The second-order valence-electron chi connectivity index (χ2n) is 5.62. The SMILES string of the molecule is Cc1cnc(Cl)c(NCc2ccc(CC(C)C)cc2)c1. The maximum Gasteiger partial charge on any atom is 0.152 e. The Labute approximate surface area is 126 Å². The molecule has 1 N–H and O–H groups in total. The zero-order valence-electron chi connectivity index (χ0n) is 12.3. The smallest absolute Gasteiger partial charge is 0.152 e. The number of aryl methyl sites for hydroxylation is 1. The highest BCUT2D eigenvalue weighted by atomic mass is 35.5. The van der Waals surface area contributed by atoms with Crippen LogP contribution in [-0.4, -0.2) is 4.98 Å². The summed E-state index contributed by atoms with van der Waals surface area (Å²) in [4.78, 5) is 4.14. The summed E-state index contributed by atoms with van der Waals surface area (Å²) in [5.41, 5.74) is 4.62. The minimum atomic E-state index is 0.520. The molecular formula is C17H21ClN2. The topological polar surface area (TPSA) is 24.9 Å². The van der Waals surface area contributed by atoms with Crippen LogP contribution in [0, 0.1) is 12.8 Å². The van der Waals surface area contributed by atoms with Gasteiger partial charge in [0.25, 0.3) is 0 Å². The number of halogens is 1. The van der Waals surface area contributed by atoms with Crippen LogP contribution in [0.2, 0.25) is 5.15 Å². The van der Waals surface area contributed by atoms with Gasteiger partial charge >= 0.3 is 0 Å². The summed E-state index contributed by atoms with van der Waals surface area (Å²) in [6.45, 7) is 7.24. The number of nitrogens with one attached hydrogen (secondary N) is 1. The van der Waals surface area contributed by atoms with E-state index in [0.29, 0.717) is 11.1 Å². The first-order valence-electron chi connectivity index (χ1n) is 6.98. The summed E-state index contributed by atoms with van der Waals surface area (Å²) in [5, 5.41) is 3.86. The molecule has 0 saturated carbocycles. The van der Waals surface area contributed by atoms with E-state index in [1.807, 2.05) is 13.0 Å². The van der Waals surface area contributed by atoms with Gasteiger partial charge < -0.3 is 5.32 Å². The summed E-state index contributed by atoms with van der Waals surface area (Å²) < 4.78 is 0. The first-order chi connectivity index (χ1) is 9.54. The van der Waals surface area contributed by atoms with Gasteiger partial charge in [-0.2, -0.15) is 0 Å². The molecule has 1 heterocycles. The maximum absolute atomic E-state index is 6.07. The zero-order chi connectivity index (χ0) is 14.5. The Hall–Kier alpha value is -1.54. The van der Waals surface area contributed by atoms with Crippen molar-refractivity contribution >= 4 is 17.3 Å². The lowest BCUT2D eigenvalue weighted by molar-refractivity contribution is 0.647. The van der Waals surface area contributed by atoms with Crippen molar-refractivity contribution in [2.45, 2.75) is 33.7 Å². The van der Waals surface area contributed by atoms with Crippen LogP contribution in [0.25, 0.3) is 0 Å². The highest BCUT2D eigenvalue weighted by molar-refractivity contribution is 6.31. The second-order valence-corrected chi connectivity index (χ2v) is 5.98. The summed E-state index contributed by atoms with van der Waals surface area (Å²) in [6.07, 6.45) is 2.90. The van der Waals surface area contributed by atoms with E-state index in [1.54, 1.807) is 6.20 Å². The van der Waals surface area contributed by atoms with Crippen LogP contribution >= 0.6 is 11.6 Å². The van der Waals surface area contributed by atoms with Crippen LogP contribution in [0.5, 0.6) is 0 Å². The van der Waals surface area contributed by atoms with Gasteiger partial charge in [0.15, 0.2) is 5.15 Å². The van der Waals surface area contributed by atoms with E-state index < -0.39 is 0 Å². The summed E-state index contributed by atoms with van der Waals surface area (Å²) in [7, 11) is 0. The molecule has 0 unspecified atom stereocenters. The highest BCUT2D eigenvalue weighted by Gasteiger charge is 2.02. The Balaban J connectivity index is 1.98. The average Bonchev–Trinajstić information content (AvgIpc) is 2.41. The summed E-state index contributed by atoms with van der Waals surface area (Å²) in [5.74, 6) is 0.691. The largest absolute Gasteiger partial charge is 0.378 e. The minimum absolute atomic E-state index is 0.520. The van der Waals surface area contributed by atoms with Gasteiger partial charge in [0.2, 0.25) is 0 Å². The number of anilines is 1. The van der Waals surface area contributed by atoms with Crippen molar-refractivity contribution in [3.8, 4) is 0 Å². The maximum atomic E-state index is 6.07. The summed E-state index contributed by atoms with van der Waals surface area (Å²) >= 11 is 6.07. The molecule has 20 heavy (non-hydrogen) atoms. The number of aromatic nitrogens is 1. The van der Waals surface area contributed by atoms with Crippen molar-refractivity contribution in [3.05, 3.63) is 58.4 Å². The normalized spacial score (nSPS) is 10.8. The molecule has 0 amide bonds. The Kier molecular flexibility index (Phi) is 5.02. The molecule has 0 saturated heterocycles. The van der Waals surface area contributed by atoms with Crippen LogP contribution in [0.3, 0.4) is 0 Å². The number of benzene rings is 1. The van der Waals surface area contributed by atoms with E-state index in [9.17, 15) is 0 Å². The van der Waals surface area contributed by atoms with Gasteiger partial charge in [-0.05, 0) is 42.0 Å². The molecule has 0 atom stereocenters. The van der Waals surface area contributed by atoms with Crippen LogP contribution < -0.4 is 5.32 Å². The molecule has 2 rings (SSSR count). The Morgan fingerprint density at radius 3 is 2.45 bits per heavy atom. The lowest BCUT2D eigenvalue weighted by Crippen LogP contribution is -2.01. The monoisotopic (exact) mass is 288 g/mol. The van der Waals surface area contributed by atoms with Gasteiger partial charge in [-0.3, -0.25) is 0 Å². The average molecular weight is 289 g/mol. The van der Waals surface area contributed by atoms with E-state index in [-0.39, 0.29) is 0 Å². The highest BCUT2D eigenvalue weighted by Crippen LogP contribution is 2.20. The lowest BCUT2D eigenvalue weighted by Gasteiger charge is -2.10. The fraction of sp³-hybridized carbons (Fsp3) is 0.353.